The molecule has 0 bridgehead atoms. The molecule has 32 heavy (non-hydrogen) atoms. The Labute approximate surface area is 188 Å². The summed E-state index contributed by atoms with van der Waals surface area (Å²) in [6, 6.07) is 28.2. The molecule has 3 aromatic carbocycles. The number of para-hydroxylation sites is 1. The van der Waals surface area contributed by atoms with Crippen LogP contribution in [0.15, 0.2) is 84.4 Å². The molecule has 0 aliphatic carbocycles. The number of aryl methyl sites for hydroxylation is 1. The van der Waals surface area contributed by atoms with E-state index in [0.717, 1.165) is 34.3 Å². The van der Waals surface area contributed by atoms with Gasteiger partial charge in [-0.05, 0) is 42.7 Å². The van der Waals surface area contributed by atoms with Crippen LogP contribution in [0.4, 0.5) is 0 Å². The third-order valence-electron chi connectivity index (χ3n) is 5.82. The van der Waals surface area contributed by atoms with Crippen molar-refractivity contribution in [2.24, 2.45) is 0 Å². The second-order valence-corrected chi connectivity index (χ2v) is 7.87. The van der Waals surface area contributed by atoms with Gasteiger partial charge in [-0.1, -0.05) is 72.8 Å². The maximum absolute atomic E-state index is 12.7. The van der Waals surface area contributed by atoms with Crippen molar-refractivity contribution in [1.82, 2.24) is 9.88 Å². The summed E-state index contributed by atoms with van der Waals surface area (Å²) in [6.07, 6.45) is 1.71. The summed E-state index contributed by atoms with van der Waals surface area (Å²) in [5, 5.41) is 13.6. The predicted octanol–water partition coefficient (Wildman–Crippen LogP) is 5.53. The van der Waals surface area contributed by atoms with Crippen molar-refractivity contribution >= 4 is 22.9 Å². The van der Waals surface area contributed by atoms with E-state index in [-0.39, 0.29) is 11.5 Å². The van der Waals surface area contributed by atoms with Crippen molar-refractivity contribution in [2.45, 2.75) is 26.9 Å². The van der Waals surface area contributed by atoms with Gasteiger partial charge in [0.2, 0.25) is 0 Å². The minimum Gasteiger partial charge on any atom is -0.347 e. The third-order valence-corrected chi connectivity index (χ3v) is 5.82. The van der Waals surface area contributed by atoms with Crippen LogP contribution in [-0.4, -0.2) is 10.5 Å². The van der Waals surface area contributed by atoms with Crippen LogP contribution in [0.5, 0.6) is 0 Å². The van der Waals surface area contributed by atoms with Gasteiger partial charge in [0.15, 0.2) is 0 Å². The summed E-state index contributed by atoms with van der Waals surface area (Å²) in [5.41, 5.74) is 6.58. The molecule has 1 aromatic heterocycles. The first-order valence-corrected chi connectivity index (χ1v) is 10.6. The Morgan fingerprint density at radius 3 is 2.41 bits per heavy atom. The first-order valence-electron chi connectivity index (χ1n) is 10.6. The molecule has 1 heterocycles. The number of nitrogens with zero attached hydrogens (tertiary/aromatic N) is 2. The van der Waals surface area contributed by atoms with Crippen molar-refractivity contribution in [3.8, 4) is 6.07 Å². The van der Waals surface area contributed by atoms with Gasteiger partial charge in [0.05, 0.1) is 0 Å². The van der Waals surface area contributed by atoms with E-state index in [1.807, 2.05) is 61.5 Å². The largest absolute Gasteiger partial charge is 0.347 e. The fourth-order valence-electron chi connectivity index (χ4n) is 3.97. The Bertz CT molecular complexity index is 1340. The Morgan fingerprint density at radius 2 is 1.66 bits per heavy atom. The zero-order valence-corrected chi connectivity index (χ0v) is 18.3. The molecule has 4 heteroatoms. The van der Waals surface area contributed by atoms with E-state index < -0.39 is 0 Å². The van der Waals surface area contributed by atoms with E-state index in [1.54, 1.807) is 6.08 Å². The molecule has 0 radical (unpaired) electrons. The molecule has 0 aliphatic rings. The van der Waals surface area contributed by atoms with Gasteiger partial charge in [-0.15, -0.1) is 0 Å². The Hall–Kier alpha value is -4.10. The minimum atomic E-state index is -0.369. The Balaban J connectivity index is 1.69. The summed E-state index contributed by atoms with van der Waals surface area (Å²) >= 11 is 0. The van der Waals surface area contributed by atoms with E-state index in [0.29, 0.717) is 6.54 Å². The van der Waals surface area contributed by atoms with Gasteiger partial charge < -0.3 is 9.88 Å². The van der Waals surface area contributed by atoms with Crippen molar-refractivity contribution in [1.29, 1.82) is 5.26 Å². The van der Waals surface area contributed by atoms with E-state index in [2.05, 4.69) is 47.1 Å². The molecule has 0 atom stereocenters. The molecule has 0 aliphatic heterocycles. The molecule has 1 amide bonds. The van der Waals surface area contributed by atoms with Gasteiger partial charge in [-0.2, -0.15) is 5.26 Å². The second-order valence-electron chi connectivity index (χ2n) is 7.87. The number of fused-ring (bicyclic) bond motifs is 1. The fraction of sp³-hybridized carbons (Fsp3) is 0.143. The summed E-state index contributed by atoms with van der Waals surface area (Å²) < 4.78 is 2.25. The summed E-state index contributed by atoms with van der Waals surface area (Å²) in [7, 11) is 0. The standard InChI is InChI=1S/C28H25N3O/c1-20-10-6-7-13-23(20)19-31-21(2)26(25-14-8-9-15-27(25)31)16-24(17-29)28(32)30-18-22-11-4-3-5-12-22/h3-16H,18-19H2,1-2H3,(H,30,32)/b24-16+. The maximum Gasteiger partial charge on any atom is 0.262 e. The van der Waals surface area contributed by atoms with E-state index in [4.69, 9.17) is 0 Å². The molecule has 0 unspecified atom stereocenters. The summed E-state index contributed by atoms with van der Waals surface area (Å²) in [4.78, 5) is 12.7. The number of aromatic nitrogens is 1. The molecular formula is C28H25N3O. The molecule has 0 fully saturated rings. The molecule has 0 saturated heterocycles. The predicted molar refractivity (Wildman–Crippen MR) is 129 cm³/mol. The maximum atomic E-state index is 12.7. The van der Waals surface area contributed by atoms with E-state index in [9.17, 15) is 10.1 Å². The molecule has 158 valence electrons. The molecular weight excluding hydrogens is 394 g/mol. The van der Waals surface area contributed by atoms with Crippen molar-refractivity contribution < 1.29 is 4.79 Å². The normalized spacial score (nSPS) is 11.3. The Kier molecular flexibility index (Phi) is 6.19. The minimum absolute atomic E-state index is 0.0998. The number of nitriles is 1. The zero-order chi connectivity index (χ0) is 22.5. The summed E-state index contributed by atoms with van der Waals surface area (Å²) in [5.74, 6) is -0.369. The number of amides is 1. The van der Waals surface area contributed by atoms with Crippen molar-refractivity contribution in [3.63, 3.8) is 0 Å². The quantitative estimate of drug-likeness (QED) is 0.330. The highest BCUT2D eigenvalue weighted by Gasteiger charge is 2.16. The van der Waals surface area contributed by atoms with Crippen LogP contribution in [0.3, 0.4) is 0 Å². The molecule has 1 N–H and O–H groups in total. The van der Waals surface area contributed by atoms with E-state index in [1.165, 1.54) is 11.1 Å². The third kappa shape index (κ3) is 4.33. The number of rotatable bonds is 6. The van der Waals surface area contributed by atoms with Crippen LogP contribution >= 0.6 is 0 Å². The fourth-order valence-corrected chi connectivity index (χ4v) is 3.97. The van der Waals surface area contributed by atoms with Gasteiger partial charge in [0.1, 0.15) is 11.6 Å². The molecule has 4 rings (SSSR count). The van der Waals surface area contributed by atoms with Crippen LogP contribution < -0.4 is 5.32 Å². The lowest BCUT2D eigenvalue weighted by molar-refractivity contribution is -0.117. The molecule has 0 spiro atoms. The highest BCUT2D eigenvalue weighted by molar-refractivity contribution is 6.04. The number of hydrogen-bond acceptors (Lipinski definition) is 2. The monoisotopic (exact) mass is 419 g/mol. The van der Waals surface area contributed by atoms with Crippen LogP contribution in [0, 0.1) is 25.2 Å². The van der Waals surface area contributed by atoms with Crippen LogP contribution in [-0.2, 0) is 17.9 Å². The Morgan fingerprint density at radius 1 is 0.969 bits per heavy atom. The van der Waals surface area contributed by atoms with Gasteiger partial charge in [-0.25, -0.2) is 0 Å². The number of benzene rings is 3. The molecule has 4 aromatic rings. The van der Waals surface area contributed by atoms with Crippen LogP contribution in [0.2, 0.25) is 0 Å². The first kappa shape index (κ1) is 21.1. The topological polar surface area (TPSA) is 57.8 Å². The average Bonchev–Trinajstić information content (AvgIpc) is 3.08. The van der Waals surface area contributed by atoms with Gasteiger partial charge in [0, 0.05) is 35.2 Å². The average molecular weight is 420 g/mol. The van der Waals surface area contributed by atoms with E-state index >= 15 is 0 Å². The number of carbonyl (C=O) groups is 1. The first-order chi connectivity index (χ1) is 15.6. The zero-order valence-electron chi connectivity index (χ0n) is 18.3. The lowest BCUT2D eigenvalue weighted by atomic mass is 10.1. The lowest BCUT2D eigenvalue weighted by Gasteiger charge is -2.11. The van der Waals surface area contributed by atoms with Gasteiger partial charge >= 0.3 is 0 Å². The van der Waals surface area contributed by atoms with Crippen molar-refractivity contribution in [3.05, 3.63) is 112 Å². The number of carbonyl (C=O) groups excluding carboxylic acids is 1. The van der Waals surface area contributed by atoms with Crippen molar-refractivity contribution in [2.75, 3.05) is 0 Å². The highest BCUT2D eigenvalue weighted by atomic mass is 16.1. The number of nitrogens with one attached hydrogen (secondary N) is 1. The second kappa shape index (κ2) is 9.36. The lowest BCUT2D eigenvalue weighted by Crippen LogP contribution is -2.23. The van der Waals surface area contributed by atoms with Gasteiger partial charge in [-0.3, -0.25) is 4.79 Å². The SMILES string of the molecule is Cc1ccccc1Cn1c(C)c(/C=C(\C#N)C(=O)NCc2ccccc2)c2ccccc21. The number of hydrogen-bond donors (Lipinski definition) is 1. The summed E-state index contributed by atoms with van der Waals surface area (Å²) in [6.45, 7) is 5.27. The highest BCUT2D eigenvalue weighted by Crippen LogP contribution is 2.29. The molecule has 0 saturated carbocycles. The molecule has 4 nitrogen and oxygen atoms in total. The van der Waals surface area contributed by atoms with Gasteiger partial charge in [0.25, 0.3) is 5.91 Å². The van der Waals surface area contributed by atoms with Crippen LogP contribution in [0.1, 0.15) is 27.9 Å². The smallest absolute Gasteiger partial charge is 0.262 e. The van der Waals surface area contributed by atoms with Crippen LogP contribution in [0.25, 0.3) is 17.0 Å².